The molecule has 18 heavy (non-hydrogen) atoms. The van der Waals surface area contributed by atoms with Gasteiger partial charge >= 0.3 is 0 Å². The molecule has 0 fully saturated rings. The maximum atomic E-state index is 9.95. The molecule has 9 nitrogen and oxygen atoms in total. The van der Waals surface area contributed by atoms with Crippen molar-refractivity contribution in [3.05, 3.63) is 0 Å². The van der Waals surface area contributed by atoms with Gasteiger partial charge in [-0.05, 0) is 6.42 Å². The quantitative estimate of drug-likeness (QED) is 0.442. The molecule has 0 N–H and O–H groups in total. The standard InChI is InChI=1S/C3H6O2.C2H7O4P.C2H6O3S/c1-2-3(4)5;1-5-7(3,4)6-2;1-2-6(3,4)5/h2H2,1H3,(H,4,5);1-2H3,(H,3,4);2H2,1H3,(H,3,4,5)/p-3. The molecule has 0 heterocycles. The molecule has 11 heteroatoms. The second-order valence-electron chi connectivity index (χ2n) is 2.38. The van der Waals surface area contributed by atoms with E-state index in [2.05, 4.69) is 9.05 Å². The molecule has 0 rings (SSSR count). The van der Waals surface area contributed by atoms with Crippen molar-refractivity contribution in [1.82, 2.24) is 0 Å². The minimum atomic E-state index is -3.91. The maximum Gasteiger partial charge on any atom is 0.267 e. The monoisotopic (exact) mass is 307 g/mol. The summed E-state index contributed by atoms with van der Waals surface area (Å²) in [4.78, 5) is 19.2. The Morgan fingerprint density at radius 3 is 1.44 bits per heavy atom. The van der Waals surface area contributed by atoms with Crippen molar-refractivity contribution in [3.63, 3.8) is 0 Å². The summed E-state index contributed by atoms with van der Waals surface area (Å²) in [5, 5.41) is 9.26. The summed E-state index contributed by atoms with van der Waals surface area (Å²) in [6.07, 6.45) is 0.111. The Bertz CT molecular complexity index is 342. The average Bonchev–Trinajstić information content (AvgIpc) is 2.29. The minimum absolute atomic E-state index is 0.111. The lowest BCUT2D eigenvalue weighted by molar-refractivity contribution is -0.305. The van der Waals surface area contributed by atoms with Crippen LogP contribution in [0.25, 0.3) is 0 Å². The Kier molecular flexibility index (Phi) is 14.6. The van der Waals surface area contributed by atoms with E-state index in [4.69, 9.17) is 0 Å². The van der Waals surface area contributed by atoms with Crippen molar-refractivity contribution in [1.29, 1.82) is 0 Å². The number of rotatable bonds is 4. The lowest BCUT2D eigenvalue weighted by Crippen LogP contribution is -2.19. The van der Waals surface area contributed by atoms with Gasteiger partial charge in [-0.3, -0.25) is 4.57 Å². The Morgan fingerprint density at radius 2 is 1.44 bits per heavy atom. The van der Waals surface area contributed by atoms with Gasteiger partial charge < -0.3 is 28.4 Å². The van der Waals surface area contributed by atoms with Gasteiger partial charge in [-0.1, -0.05) is 13.8 Å². The number of phosphoric ester groups is 1. The van der Waals surface area contributed by atoms with E-state index in [-0.39, 0.29) is 12.2 Å². The van der Waals surface area contributed by atoms with E-state index in [1.54, 1.807) is 0 Å². The molecule has 0 aliphatic rings. The van der Waals surface area contributed by atoms with Gasteiger partial charge in [0.1, 0.15) is 0 Å². The van der Waals surface area contributed by atoms with Gasteiger partial charge in [0, 0.05) is 25.9 Å². The van der Waals surface area contributed by atoms with Crippen molar-refractivity contribution < 1.29 is 41.4 Å². The Morgan fingerprint density at radius 1 is 1.22 bits per heavy atom. The SMILES string of the molecule is CCC(=O)[O-].CCS(=O)(=O)[O-].COP(=O)([O-])OC. The van der Waals surface area contributed by atoms with Gasteiger partial charge in [-0.15, -0.1) is 0 Å². The van der Waals surface area contributed by atoms with Gasteiger partial charge in [-0.2, -0.15) is 0 Å². The van der Waals surface area contributed by atoms with Crippen molar-refractivity contribution in [3.8, 4) is 0 Å². The molecular weight excluding hydrogens is 291 g/mol. The number of carboxylic acids is 1. The van der Waals surface area contributed by atoms with E-state index in [0.29, 0.717) is 0 Å². The van der Waals surface area contributed by atoms with Crippen LogP contribution < -0.4 is 10.00 Å². The summed E-state index contributed by atoms with van der Waals surface area (Å²) in [6, 6.07) is 0. The van der Waals surface area contributed by atoms with Crippen molar-refractivity contribution >= 4 is 23.9 Å². The van der Waals surface area contributed by atoms with Gasteiger partial charge in [0.25, 0.3) is 7.82 Å². The molecule has 0 saturated carbocycles. The van der Waals surface area contributed by atoms with E-state index >= 15 is 0 Å². The topological polar surface area (TPSA) is 156 Å². The molecule has 0 aromatic heterocycles. The third-order valence-electron chi connectivity index (χ3n) is 1.09. The highest BCUT2D eigenvalue weighted by Crippen LogP contribution is 2.34. The number of carbonyl (C=O) groups is 1. The molecular formula is C7H16O9PS-3. The van der Waals surface area contributed by atoms with Crippen LogP contribution in [0.4, 0.5) is 0 Å². The fourth-order valence-electron chi connectivity index (χ4n) is 0.0745. The lowest BCUT2D eigenvalue weighted by Gasteiger charge is -2.16. The number of carbonyl (C=O) groups excluding carboxylic acids is 1. The first-order valence-corrected chi connectivity index (χ1v) is 7.55. The molecule has 112 valence electrons. The van der Waals surface area contributed by atoms with Crippen LogP contribution in [-0.2, 0) is 28.5 Å². The van der Waals surface area contributed by atoms with E-state index < -0.39 is 23.9 Å². The molecule has 0 aliphatic carbocycles. The van der Waals surface area contributed by atoms with Crippen LogP contribution in [0.3, 0.4) is 0 Å². The third-order valence-corrected chi connectivity index (χ3v) is 2.69. The van der Waals surface area contributed by atoms with Crippen LogP contribution >= 0.6 is 7.82 Å². The van der Waals surface area contributed by atoms with Crippen LogP contribution in [-0.4, -0.2) is 38.9 Å². The van der Waals surface area contributed by atoms with Crippen LogP contribution in [0.5, 0.6) is 0 Å². The van der Waals surface area contributed by atoms with E-state index in [9.17, 15) is 32.3 Å². The van der Waals surface area contributed by atoms with Crippen molar-refractivity contribution in [2.45, 2.75) is 20.3 Å². The summed E-state index contributed by atoms with van der Waals surface area (Å²) >= 11 is 0. The summed E-state index contributed by atoms with van der Waals surface area (Å²) in [6.45, 7) is 2.84. The van der Waals surface area contributed by atoms with Crippen molar-refractivity contribution in [2.24, 2.45) is 0 Å². The summed E-state index contributed by atoms with van der Waals surface area (Å²) in [5.41, 5.74) is 0. The minimum Gasteiger partial charge on any atom is -0.756 e. The molecule has 0 atom stereocenters. The predicted molar refractivity (Wildman–Crippen MR) is 57.2 cm³/mol. The van der Waals surface area contributed by atoms with Crippen LogP contribution in [0, 0.1) is 0 Å². The second-order valence-corrected chi connectivity index (χ2v) is 5.70. The average molecular weight is 307 g/mol. The van der Waals surface area contributed by atoms with Crippen LogP contribution in [0.15, 0.2) is 0 Å². The molecule has 0 saturated heterocycles. The summed E-state index contributed by atoms with van der Waals surface area (Å²) < 4.78 is 46.0. The molecule has 0 amide bonds. The maximum absolute atomic E-state index is 9.95. The zero-order valence-corrected chi connectivity index (χ0v) is 12.2. The van der Waals surface area contributed by atoms with E-state index in [0.717, 1.165) is 14.2 Å². The van der Waals surface area contributed by atoms with Crippen LogP contribution in [0.1, 0.15) is 20.3 Å². The fraction of sp³-hybridized carbons (Fsp3) is 0.857. The largest absolute Gasteiger partial charge is 0.756 e. The molecule has 0 aromatic rings. The Balaban J connectivity index is -0.000000190. The first kappa shape index (κ1) is 22.7. The first-order chi connectivity index (χ1) is 7.95. The highest BCUT2D eigenvalue weighted by molar-refractivity contribution is 7.85. The smallest absolute Gasteiger partial charge is 0.267 e. The molecule has 0 aromatic carbocycles. The summed E-state index contributed by atoms with van der Waals surface area (Å²) in [7, 11) is -5.74. The van der Waals surface area contributed by atoms with Crippen molar-refractivity contribution in [2.75, 3.05) is 20.0 Å². The van der Waals surface area contributed by atoms with E-state index in [1.807, 2.05) is 0 Å². The number of aliphatic carboxylic acids is 1. The number of hydrogen-bond donors (Lipinski definition) is 0. The lowest BCUT2D eigenvalue weighted by atomic mass is 10.5. The fourth-order valence-corrected chi connectivity index (χ4v) is 0.224. The van der Waals surface area contributed by atoms with Gasteiger partial charge in [0.2, 0.25) is 0 Å². The summed E-state index contributed by atoms with van der Waals surface area (Å²) in [5.74, 6) is -1.31. The predicted octanol–water partition coefficient (Wildman–Crippen LogP) is -1.55. The van der Waals surface area contributed by atoms with Gasteiger partial charge in [0.05, 0.1) is 10.1 Å². The molecule has 0 bridgehead atoms. The van der Waals surface area contributed by atoms with Gasteiger partial charge in [-0.25, -0.2) is 8.42 Å². The van der Waals surface area contributed by atoms with E-state index in [1.165, 1.54) is 13.8 Å². The zero-order valence-electron chi connectivity index (χ0n) is 10.4. The number of carboxylic acid groups (broad SMARTS) is 1. The zero-order chi connectivity index (χ0) is 15.4. The molecule has 0 aliphatic heterocycles. The second kappa shape index (κ2) is 11.6. The van der Waals surface area contributed by atoms with Crippen LogP contribution in [0.2, 0.25) is 0 Å². The molecule has 0 unspecified atom stereocenters. The normalized spacial score (nSPS) is 10.6. The third kappa shape index (κ3) is 29.6. The first-order valence-electron chi connectivity index (χ1n) is 4.51. The highest BCUT2D eigenvalue weighted by Gasteiger charge is 1.98. The number of hydrogen-bond acceptors (Lipinski definition) is 9. The Hall–Kier alpha value is -0.510. The number of phosphoric acid groups is 1. The molecule has 0 spiro atoms. The van der Waals surface area contributed by atoms with Gasteiger partial charge in [0.15, 0.2) is 0 Å². The highest BCUT2D eigenvalue weighted by atomic mass is 32.2. The molecule has 0 radical (unpaired) electrons. The Labute approximate surface area is 106 Å².